The minimum Gasteiger partial charge on any atom is -0.369 e. The Balaban J connectivity index is 1.41. The second-order valence-corrected chi connectivity index (χ2v) is 7.19. The number of carbonyl (C=O) groups is 1. The van der Waals surface area contributed by atoms with Gasteiger partial charge in [-0.05, 0) is 43.4 Å². The van der Waals surface area contributed by atoms with E-state index in [9.17, 15) is 4.79 Å². The van der Waals surface area contributed by atoms with E-state index < -0.39 is 0 Å². The minimum absolute atomic E-state index is 0.124. The molecule has 2 atom stereocenters. The van der Waals surface area contributed by atoms with Crippen molar-refractivity contribution in [1.29, 1.82) is 0 Å². The fourth-order valence-electron chi connectivity index (χ4n) is 3.39. The first-order chi connectivity index (χ1) is 11.6. The van der Waals surface area contributed by atoms with Gasteiger partial charge in [0.05, 0.1) is 6.04 Å². The molecule has 1 amide bonds. The first-order valence-electron chi connectivity index (χ1n) is 8.69. The van der Waals surface area contributed by atoms with Crippen LogP contribution < -0.4 is 10.2 Å². The molecule has 4 rings (SSSR count). The molecule has 0 bridgehead atoms. The monoisotopic (exact) mass is 325 g/mol. The van der Waals surface area contributed by atoms with Gasteiger partial charge in [0.15, 0.2) is 5.69 Å². The van der Waals surface area contributed by atoms with Crippen molar-refractivity contribution in [3.8, 4) is 0 Å². The second kappa shape index (κ2) is 5.96. The zero-order chi connectivity index (χ0) is 16.7. The summed E-state index contributed by atoms with van der Waals surface area (Å²) in [5, 5.41) is 7.06. The molecule has 1 saturated heterocycles. The standard InChI is InChI=1S/C19H23N3O2/c1-12-4-3-5-15(8-12)22-10-13(2)17(11-22)20-19(23)16-9-18(24-21-16)14-6-7-14/h3-5,8-9,13-14,17H,6-7,10-11H2,1-2H3,(H,20,23)/t13-,17+/m0/s1. The quantitative estimate of drug-likeness (QED) is 0.938. The molecule has 2 aromatic rings. The van der Waals surface area contributed by atoms with Gasteiger partial charge >= 0.3 is 0 Å². The van der Waals surface area contributed by atoms with Gasteiger partial charge in [0, 0.05) is 30.8 Å². The van der Waals surface area contributed by atoms with Crippen LogP contribution in [-0.4, -0.2) is 30.2 Å². The number of anilines is 1. The molecular formula is C19H23N3O2. The topological polar surface area (TPSA) is 58.4 Å². The Labute approximate surface area is 142 Å². The lowest BCUT2D eigenvalue weighted by Crippen LogP contribution is -2.40. The van der Waals surface area contributed by atoms with E-state index in [0.29, 0.717) is 17.5 Å². The molecule has 0 radical (unpaired) electrons. The van der Waals surface area contributed by atoms with Gasteiger partial charge in [-0.2, -0.15) is 0 Å². The molecule has 5 heteroatoms. The predicted molar refractivity (Wildman–Crippen MR) is 92.3 cm³/mol. The zero-order valence-electron chi connectivity index (χ0n) is 14.2. The Morgan fingerprint density at radius 2 is 2.12 bits per heavy atom. The number of aromatic nitrogens is 1. The molecule has 1 aliphatic heterocycles. The summed E-state index contributed by atoms with van der Waals surface area (Å²) in [5.41, 5.74) is 2.87. The van der Waals surface area contributed by atoms with E-state index in [2.05, 4.69) is 53.5 Å². The van der Waals surface area contributed by atoms with Gasteiger partial charge in [0.2, 0.25) is 0 Å². The summed E-state index contributed by atoms with van der Waals surface area (Å²) < 4.78 is 5.28. The third-order valence-electron chi connectivity index (χ3n) is 5.04. The van der Waals surface area contributed by atoms with E-state index in [0.717, 1.165) is 31.7 Å². The Hall–Kier alpha value is -2.30. The molecule has 1 N–H and O–H groups in total. The summed E-state index contributed by atoms with van der Waals surface area (Å²) in [6.45, 7) is 6.05. The maximum Gasteiger partial charge on any atom is 0.273 e. The number of hydrogen-bond acceptors (Lipinski definition) is 4. The number of amides is 1. The molecule has 2 heterocycles. The summed E-state index contributed by atoms with van der Waals surface area (Å²) in [6.07, 6.45) is 2.28. The van der Waals surface area contributed by atoms with Crippen molar-refractivity contribution in [3.63, 3.8) is 0 Å². The van der Waals surface area contributed by atoms with Crippen LogP contribution in [0, 0.1) is 12.8 Å². The van der Waals surface area contributed by atoms with Gasteiger partial charge < -0.3 is 14.7 Å². The van der Waals surface area contributed by atoms with Crippen LogP contribution >= 0.6 is 0 Å². The Morgan fingerprint density at radius 3 is 2.88 bits per heavy atom. The molecule has 24 heavy (non-hydrogen) atoms. The van der Waals surface area contributed by atoms with Crippen molar-refractivity contribution in [2.45, 2.75) is 38.6 Å². The third kappa shape index (κ3) is 3.03. The van der Waals surface area contributed by atoms with Gasteiger partial charge in [-0.1, -0.05) is 24.2 Å². The number of rotatable bonds is 4. The summed E-state index contributed by atoms with van der Waals surface area (Å²) in [7, 11) is 0. The van der Waals surface area contributed by atoms with E-state index >= 15 is 0 Å². The van der Waals surface area contributed by atoms with E-state index in [4.69, 9.17) is 4.52 Å². The number of benzene rings is 1. The van der Waals surface area contributed by atoms with E-state index in [1.165, 1.54) is 11.3 Å². The number of hydrogen-bond donors (Lipinski definition) is 1. The van der Waals surface area contributed by atoms with Crippen LogP contribution in [0.5, 0.6) is 0 Å². The van der Waals surface area contributed by atoms with Crippen LogP contribution in [0.15, 0.2) is 34.9 Å². The zero-order valence-corrected chi connectivity index (χ0v) is 14.2. The highest BCUT2D eigenvalue weighted by Crippen LogP contribution is 2.40. The minimum atomic E-state index is -0.131. The normalized spacial score (nSPS) is 23.5. The van der Waals surface area contributed by atoms with Gasteiger partial charge in [0.25, 0.3) is 5.91 Å². The maximum atomic E-state index is 12.4. The highest BCUT2D eigenvalue weighted by atomic mass is 16.5. The third-order valence-corrected chi connectivity index (χ3v) is 5.04. The molecule has 0 spiro atoms. The van der Waals surface area contributed by atoms with Crippen LogP contribution in [-0.2, 0) is 0 Å². The molecule has 1 aliphatic carbocycles. The number of nitrogens with zero attached hydrogens (tertiary/aromatic N) is 2. The maximum absolute atomic E-state index is 12.4. The van der Waals surface area contributed by atoms with Crippen LogP contribution in [0.25, 0.3) is 0 Å². The van der Waals surface area contributed by atoms with Crippen LogP contribution in [0.3, 0.4) is 0 Å². The lowest BCUT2D eigenvalue weighted by Gasteiger charge is -2.19. The number of nitrogens with one attached hydrogen (secondary N) is 1. The molecule has 126 valence electrons. The number of aryl methyl sites for hydroxylation is 1. The van der Waals surface area contributed by atoms with Crippen molar-refractivity contribution in [2.75, 3.05) is 18.0 Å². The fourth-order valence-corrected chi connectivity index (χ4v) is 3.39. The van der Waals surface area contributed by atoms with Crippen molar-refractivity contribution in [2.24, 2.45) is 5.92 Å². The largest absolute Gasteiger partial charge is 0.369 e. The van der Waals surface area contributed by atoms with Crippen LogP contribution in [0.4, 0.5) is 5.69 Å². The van der Waals surface area contributed by atoms with E-state index in [-0.39, 0.29) is 11.9 Å². The molecular weight excluding hydrogens is 302 g/mol. The fraction of sp³-hybridized carbons (Fsp3) is 0.474. The molecule has 1 aromatic heterocycles. The first kappa shape index (κ1) is 15.2. The van der Waals surface area contributed by atoms with Crippen LogP contribution in [0.2, 0.25) is 0 Å². The molecule has 1 saturated carbocycles. The van der Waals surface area contributed by atoms with E-state index in [1.807, 2.05) is 0 Å². The Kier molecular flexibility index (Phi) is 3.79. The Bertz CT molecular complexity index is 751. The molecule has 2 aliphatic rings. The second-order valence-electron chi connectivity index (χ2n) is 7.19. The number of carbonyl (C=O) groups excluding carboxylic acids is 1. The smallest absolute Gasteiger partial charge is 0.273 e. The van der Waals surface area contributed by atoms with Gasteiger partial charge in [0.1, 0.15) is 5.76 Å². The first-order valence-corrected chi connectivity index (χ1v) is 8.69. The van der Waals surface area contributed by atoms with Gasteiger partial charge in [-0.15, -0.1) is 0 Å². The lowest BCUT2D eigenvalue weighted by atomic mass is 10.1. The van der Waals surface area contributed by atoms with Gasteiger partial charge in [-0.3, -0.25) is 4.79 Å². The molecule has 0 unspecified atom stereocenters. The summed E-state index contributed by atoms with van der Waals surface area (Å²) in [5.74, 6) is 1.58. The van der Waals surface area contributed by atoms with Crippen molar-refractivity contribution >= 4 is 11.6 Å². The Morgan fingerprint density at radius 1 is 1.29 bits per heavy atom. The predicted octanol–water partition coefficient (Wildman–Crippen LogP) is 3.12. The van der Waals surface area contributed by atoms with Gasteiger partial charge in [-0.25, -0.2) is 0 Å². The average Bonchev–Trinajstić information content (AvgIpc) is 3.18. The van der Waals surface area contributed by atoms with Crippen molar-refractivity contribution in [1.82, 2.24) is 10.5 Å². The molecule has 2 fully saturated rings. The van der Waals surface area contributed by atoms with E-state index in [1.54, 1.807) is 6.07 Å². The SMILES string of the molecule is Cc1cccc(N2C[C@H](C)[C@H](NC(=O)c3cc(C4CC4)on3)C2)c1. The summed E-state index contributed by atoms with van der Waals surface area (Å²) >= 11 is 0. The highest BCUT2D eigenvalue weighted by Gasteiger charge is 2.33. The lowest BCUT2D eigenvalue weighted by molar-refractivity contribution is 0.0924. The van der Waals surface area contributed by atoms with Crippen molar-refractivity contribution < 1.29 is 9.32 Å². The highest BCUT2D eigenvalue weighted by molar-refractivity contribution is 5.92. The molecule has 5 nitrogen and oxygen atoms in total. The average molecular weight is 325 g/mol. The van der Waals surface area contributed by atoms with Crippen molar-refractivity contribution in [3.05, 3.63) is 47.3 Å². The molecule has 1 aromatic carbocycles. The summed E-state index contributed by atoms with van der Waals surface area (Å²) in [6, 6.07) is 10.4. The van der Waals surface area contributed by atoms with Crippen LogP contribution in [0.1, 0.15) is 47.5 Å². The summed E-state index contributed by atoms with van der Waals surface area (Å²) in [4.78, 5) is 14.8.